The average molecular weight is 183 g/mol. The van der Waals surface area contributed by atoms with Gasteiger partial charge in [0, 0.05) is 10.6 Å². The van der Waals surface area contributed by atoms with Crippen molar-refractivity contribution in [1.29, 1.82) is 0 Å². The number of aryl methyl sites for hydroxylation is 1. The van der Waals surface area contributed by atoms with Crippen LogP contribution < -0.4 is 0 Å². The molecule has 0 atom stereocenters. The standard InChI is InChI=1S/C7H7ClN4/c1-5-2-6(4-10-12-9)3-7(8)11-5/h2-3H,4H2,1H3. The molecule has 0 saturated heterocycles. The molecule has 1 heterocycles. The van der Waals surface area contributed by atoms with Crippen molar-refractivity contribution in [3.8, 4) is 0 Å². The van der Waals surface area contributed by atoms with Gasteiger partial charge in [-0.2, -0.15) is 0 Å². The van der Waals surface area contributed by atoms with E-state index in [4.69, 9.17) is 17.1 Å². The van der Waals surface area contributed by atoms with Crippen molar-refractivity contribution in [2.24, 2.45) is 5.11 Å². The number of hydrogen-bond acceptors (Lipinski definition) is 2. The first-order chi connectivity index (χ1) is 5.72. The van der Waals surface area contributed by atoms with Crippen LogP contribution in [0.4, 0.5) is 0 Å². The van der Waals surface area contributed by atoms with Crippen LogP contribution in [0.1, 0.15) is 11.3 Å². The first-order valence-electron chi connectivity index (χ1n) is 3.36. The highest BCUT2D eigenvalue weighted by Gasteiger charge is 1.95. The van der Waals surface area contributed by atoms with E-state index in [1.54, 1.807) is 6.07 Å². The minimum Gasteiger partial charge on any atom is -0.241 e. The topological polar surface area (TPSA) is 61.7 Å². The van der Waals surface area contributed by atoms with Crippen LogP contribution in [0.5, 0.6) is 0 Å². The fraction of sp³-hybridized carbons (Fsp3) is 0.286. The molecule has 0 fully saturated rings. The molecule has 0 saturated carbocycles. The summed E-state index contributed by atoms with van der Waals surface area (Å²) in [5.74, 6) is 0. The van der Waals surface area contributed by atoms with E-state index in [-0.39, 0.29) is 0 Å². The summed E-state index contributed by atoms with van der Waals surface area (Å²) in [6.45, 7) is 2.16. The predicted molar refractivity (Wildman–Crippen MR) is 46.8 cm³/mol. The van der Waals surface area contributed by atoms with Crippen molar-refractivity contribution in [3.63, 3.8) is 0 Å². The molecular formula is C7H7ClN4. The summed E-state index contributed by atoms with van der Waals surface area (Å²) in [5, 5.41) is 3.85. The third kappa shape index (κ3) is 2.42. The molecule has 0 aliphatic carbocycles. The Morgan fingerprint density at radius 2 is 2.42 bits per heavy atom. The zero-order chi connectivity index (χ0) is 8.97. The smallest absolute Gasteiger partial charge is 0.129 e. The van der Waals surface area contributed by atoms with Crippen LogP contribution in [0.3, 0.4) is 0 Å². The van der Waals surface area contributed by atoms with Gasteiger partial charge in [-0.3, -0.25) is 0 Å². The lowest BCUT2D eigenvalue weighted by Crippen LogP contribution is -1.86. The number of halogens is 1. The molecule has 0 amide bonds. The first-order valence-corrected chi connectivity index (χ1v) is 3.74. The van der Waals surface area contributed by atoms with Crippen LogP contribution in [0.25, 0.3) is 10.4 Å². The Hall–Kier alpha value is -1.25. The first kappa shape index (κ1) is 8.84. The van der Waals surface area contributed by atoms with Gasteiger partial charge in [0.15, 0.2) is 0 Å². The number of aromatic nitrogens is 1. The van der Waals surface area contributed by atoms with Gasteiger partial charge in [-0.1, -0.05) is 16.7 Å². The molecule has 0 bridgehead atoms. The molecule has 4 nitrogen and oxygen atoms in total. The van der Waals surface area contributed by atoms with E-state index in [1.807, 2.05) is 13.0 Å². The summed E-state index contributed by atoms with van der Waals surface area (Å²) in [6, 6.07) is 3.52. The van der Waals surface area contributed by atoms with Crippen molar-refractivity contribution >= 4 is 11.6 Å². The predicted octanol–water partition coefficient (Wildman–Crippen LogP) is 2.85. The normalized spacial score (nSPS) is 9.17. The molecule has 0 spiro atoms. The van der Waals surface area contributed by atoms with Gasteiger partial charge in [-0.05, 0) is 30.2 Å². The lowest BCUT2D eigenvalue weighted by Gasteiger charge is -1.98. The van der Waals surface area contributed by atoms with E-state index in [2.05, 4.69) is 15.0 Å². The van der Waals surface area contributed by atoms with Crippen LogP contribution in [-0.4, -0.2) is 4.98 Å². The Bertz CT molecular complexity index is 310. The molecule has 0 aliphatic rings. The Kier molecular flexibility index (Phi) is 2.91. The minimum absolute atomic E-state index is 0.319. The van der Waals surface area contributed by atoms with Crippen molar-refractivity contribution in [3.05, 3.63) is 39.0 Å². The summed E-state index contributed by atoms with van der Waals surface area (Å²) >= 11 is 5.68. The van der Waals surface area contributed by atoms with Crippen molar-refractivity contribution in [2.75, 3.05) is 0 Å². The van der Waals surface area contributed by atoms with Gasteiger partial charge in [-0.15, -0.1) is 0 Å². The largest absolute Gasteiger partial charge is 0.241 e. The highest BCUT2D eigenvalue weighted by Crippen LogP contribution is 2.10. The maximum atomic E-state index is 8.08. The number of nitrogens with zero attached hydrogens (tertiary/aromatic N) is 4. The van der Waals surface area contributed by atoms with Gasteiger partial charge in [0.05, 0.1) is 6.54 Å². The number of rotatable bonds is 2. The fourth-order valence-electron chi connectivity index (χ4n) is 0.901. The molecule has 12 heavy (non-hydrogen) atoms. The Balaban J connectivity index is 2.92. The van der Waals surface area contributed by atoms with Crippen molar-refractivity contribution < 1.29 is 0 Å². The van der Waals surface area contributed by atoms with Gasteiger partial charge in [0.25, 0.3) is 0 Å². The lowest BCUT2D eigenvalue weighted by molar-refractivity contribution is 1.02. The summed E-state index contributed by atoms with van der Waals surface area (Å²) in [7, 11) is 0. The zero-order valence-electron chi connectivity index (χ0n) is 6.53. The van der Waals surface area contributed by atoms with Crippen LogP contribution in [0.15, 0.2) is 17.2 Å². The SMILES string of the molecule is Cc1cc(CN=[N+]=[N-])cc(Cl)n1. The second kappa shape index (κ2) is 3.95. The number of hydrogen-bond donors (Lipinski definition) is 0. The Morgan fingerprint density at radius 1 is 1.67 bits per heavy atom. The van der Waals surface area contributed by atoms with E-state index in [0.29, 0.717) is 11.7 Å². The second-order valence-electron chi connectivity index (χ2n) is 2.33. The number of pyridine rings is 1. The third-order valence-electron chi connectivity index (χ3n) is 1.30. The van der Waals surface area contributed by atoms with E-state index >= 15 is 0 Å². The molecule has 1 aromatic rings. The van der Waals surface area contributed by atoms with Crippen LogP contribution in [0, 0.1) is 6.92 Å². The molecule has 0 aliphatic heterocycles. The van der Waals surface area contributed by atoms with Gasteiger partial charge in [-0.25, -0.2) is 4.98 Å². The molecule has 1 aromatic heterocycles. The maximum absolute atomic E-state index is 8.08. The Morgan fingerprint density at radius 3 is 3.00 bits per heavy atom. The fourth-order valence-corrected chi connectivity index (χ4v) is 1.17. The van der Waals surface area contributed by atoms with Crippen LogP contribution in [-0.2, 0) is 6.54 Å². The second-order valence-corrected chi connectivity index (χ2v) is 2.72. The van der Waals surface area contributed by atoms with Crippen molar-refractivity contribution in [1.82, 2.24) is 4.98 Å². The summed E-state index contributed by atoms with van der Waals surface area (Å²) in [6.07, 6.45) is 0. The highest BCUT2D eigenvalue weighted by molar-refractivity contribution is 6.29. The van der Waals surface area contributed by atoms with E-state index < -0.39 is 0 Å². The van der Waals surface area contributed by atoms with Gasteiger partial charge >= 0.3 is 0 Å². The van der Waals surface area contributed by atoms with Gasteiger partial charge in [0.2, 0.25) is 0 Å². The van der Waals surface area contributed by atoms with Crippen LogP contribution in [0.2, 0.25) is 5.15 Å². The van der Waals surface area contributed by atoms with Gasteiger partial charge < -0.3 is 0 Å². The zero-order valence-corrected chi connectivity index (χ0v) is 7.28. The lowest BCUT2D eigenvalue weighted by atomic mass is 10.2. The summed E-state index contributed by atoms with van der Waals surface area (Å²) < 4.78 is 0. The third-order valence-corrected chi connectivity index (χ3v) is 1.49. The van der Waals surface area contributed by atoms with E-state index in [9.17, 15) is 0 Å². The number of azide groups is 1. The molecule has 0 N–H and O–H groups in total. The van der Waals surface area contributed by atoms with Crippen molar-refractivity contribution in [2.45, 2.75) is 13.5 Å². The quantitative estimate of drug-likeness (QED) is 0.300. The van der Waals surface area contributed by atoms with Crippen LogP contribution >= 0.6 is 11.6 Å². The Labute approximate surface area is 74.8 Å². The molecule has 0 radical (unpaired) electrons. The average Bonchev–Trinajstić information content (AvgIpc) is 1.99. The molecule has 62 valence electrons. The van der Waals surface area contributed by atoms with E-state index in [1.165, 1.54) is 0 Å². The van der Waals surface area contributed by atoms with E-state index in [0.717, 1.165) is 11.3 Å². The summed E-state index contributed by atoms with van der Waals surface area (Å²) in [4.78, 5) is 6.62. The van der Waals surface area contributed by atoms with Gasteiger partial charge in [0.1, 0.15) is 5.15 Å². The monoisotopic (exact) mass is 182 g/mol. The summed E-state index contributed by atoms with van der Waals surface area (Å²) in [5.41, 5.74) is 9.78. The maximum Gasteiger partial charge on any atom is 0.129 e. The molecule has 1 rings (SSSR count). The molecule has 5 heteroatoms. The highest BCUT2D eigenvalue weighted by atomic mass is 35.5. The molecule has 0 aromatic carbocycles. The molecule has 0 unspecified atom stereocenters. The minimum atomic E-state index is 0.319. The molecular weight excluding hydrogens is 176 g/mol.